The number of ether oxygens (including phenoxy) is 1. The Kier molecular flexibility index (Phi) is 5.44. The highest BCUT2D eigenvalue weighted by Crippen LogP contribution is 2.29. The molecule has 0 bridgehead atoms. The zero-order valence-electron chi connectivity index (χ0n) is 12.7. The predicted octanol–water partition coefficient (Wildman–Crippen LogP) is 2.10. The van der Waals surface area contributed by atoms with Crippen LogP contribution in [0.5, 0.6) is 5.75 Å². The standard InChI is InChI=1S/C16H19ClN2O3/c1-3-18-15(20)9-19(4-2)16(21)12-7-11-8-13(17)5-6-14(11)22-10-12/h5-8H,3-4,9-10H2,1-2H3,(H,18,20). The fraction of sp³-hybridized carbons (Fsp3) is 0.375. The van der Waals surface area contributed by atoms with Crippen LogP contribution in [0.2, 0.25) is 5.02 Å². The number of carbonyl (C=O) groups excluding carboxylic acids is 2. The van der Waals surface area contributed by atoms with Crippen LogP contribution in [0.25, 0.3) is 6.08 Å². The summed E-state index contributed by atoms with van der Waals surface area (Å²) in [6, 6.07) is 5.28. The molecule has 1 N–H and O–H groups in total. The molecule has 1 aliphatic rings. The Bertz CT molecular complexity index is 613. The smallest absolute Gasteiger partial charge is 0.253 e. The summed E-state index contributed by atoms with van der Waals surface area (Å²) in [6.07, 6.45) is 1.77. The van der Waals surface area contributed by atoms with Crippen molar-refractivity contribution in [3.8, 4) is 5.75 Å². The molecule has 0 radical (unpaired) electrons. The molecule has 22 heavy (non-hydrogen) atoms. The maximum atomic E-state index is 12.5. The van der Waals surface area contributed by atoms with E-state index in [1.807, 2.05) is 13.8 Å². The monoisotopic (exact) mass is 322 g/mol. The van der Waals surface area contributed by atoms with E-state index in [0.717, 1.165) is 5.56 Å². The summed E-state index contributed by atoms with van der Waals surface area (Å²) in [5.74, 6) is 0.338. The van der Waals surface area contributed by atoms with E-state index in [-0.39, 0.29) is 25.0 Å². The van der Waals surface area contributed by atoms with Crippen LogP contribution in [0.1, 0.15) is 19.4 Å². The Morgan fingerprint density at radius 1 is 1.36 bits per heavy atom. The summed E-state index contributed by atoms with van der Waals surface area (Å²) in [7, 11) is 0. The second kappa shape index (κ2) is 7.31. The van der Waals surface area contributed by atoms with Crippen molar-refractivity contribution in [1.82, 2.24) is 10.2 Å². The van der Waals surface area contributed by atoms with Crippen LogP contribution < -0.4 is 10.1 Å². The van der Waals surface area contributed by atoms with E-state index in [0.29, 0.717) is 29.4 Å². The summed E-state index contributed by atoms with van der Waals surface area (Å²) in [5, 5.41) is 3.28. The lowest BCUT2D eigenvalue weighted by Gasteiger charge is -2.24. The van der Waals surface area contributed by atoms with Crippen molar-refractivity contribution in [2.45, 2.75) is 13.8 Å². The molecule has 0 fully saturated rings. The van der Waals surface area contributed by atoms with Gasteiger partial charge in [0, 0.05) is 23.7 Å². The second-order valence-electron chi connectivity index (χ2n) is 4.91. The molecule has 0 aromatic heterocycles. The van der Waals surface area contributed by atoms with E-state index in [1.165, 1.54) is 4.90 Å². The normalized spacial score (nSPS) is 12.8. The lowest BCUT2D eigenvalue weighted by Crippen LogP contribution is -2.42. The van der Waals surface area contributed by atoms with Crippen LogP contribution in [0.3, 0.4) is 0 Å². The number of rotatable bonds is 5. The van der Waals surface area contributed by atoms with Gasteiger partial charge in [-0.25, -0.2) is 0 Å². The topological polar surface area (TPSA) is 58.6 Å². The minimum atomic E-state index is -0.195. The molecule has 0 saturated carbocycles. The van der Waals surface area contributed by atoms with E-state index in [9.17, 15) is 9.59 Å². The van der Waals surface area contributed by atoms with Gasteiger partial charge in [0.15, 0.2) is 0 Å². The molecule has 5 nitrogen and oxygen atoms in total. The van der Waals surface area contributed by atoms with Crippen LogP contribution in [0.15, 0.2) is 23.8 Å². The van der Waals surface area contributed by atoms with Crippen LogP contribution in [0, 0.1) is 0 Å². The van der Waals surface area contributed by atoms with E-state index in [2.05, 4.69) is 5.32 Å². The molecule has 1 heterocycles. The third-order valence-electron chi connectivity index (χ3n) is 3.34. The Morgan fingerprint density at radius 3 is 2.82 bits per heavy atom. The number of hydrogen-bond acceptors (Lipinski definition) is 3. The van der Waals surface area contributed by atoms with Crippen molar-refractivity contribution in [2.24, 2.45) is 0 Å². The zero-order valence-corrected chi connectivity index (χ0v) is 13.4. The van der Waals surface area contributed by atoms with E-state index < -0.39 is 0 Å². The van der Waals surface area contributed by atoms with Crippen LogP contribution in [0.4, 0.5) is 0 Å². The molecule has 1 aromatic carbocycles. The lowest BCUT2D eigenvalue weighted by atomic mass is 10.1. The van der Waals surface area contributed by atoms with Crippen molar-refractivity contribution in [3.63, 3.8) is 0 Å². The number of hydrogen-bond donors (Lipinski definition) is 1. The Hall–Kier alpha value is -2.01. The number of likely N-dealkylation sites (N-methyl/N-ethyl adjacent to an activating group) is 2. The molecule has 0 unspecified atom stereocenters. The molecular formula is C16H19ClN2O3. The van der Waals surface area contributed by atoms with Gasteiger partial charge in [-0.05, 0) is 38.1 Å². The summed E-state index contributed by atoms with van der Waals surface area (Å²) in [5.41, 5.74) is 1.29. The van der Waals surface area contributed by atoms with E-state index in [1.54, 1.807) is 24.3 Å². The number of benzene rings is 1. The fourth-order valence-electron chi connectivity index (χ4n) is 2.23. The van der Waals surface area contributed by atoms with Crippen molar-refractivity contribution in [1.29, 1.82) is 0 Å². The molecule has 6 heteroatoms. The van der Waals surface area contributed by atoms with Gasteiger partial charge in [0.05, 0.1) is 12.1 Å². The first kappa shape index (κ1) is 16.4. The number of halogens is 1. The van der Waals surface area contributed by atoms with Gasteiger partial charge in [-0.2, -0.15) is 0 Å². The summed E-state index contributed by atoms with van der Waals surface area (Å²) in [6.45, 7) is 4.92. The highest BCUT2D eigenvalue weighted by Gasteiger charge is 2.23. The molecule has 0 aliphatic carbocycles. The average molecular weight is 323 g/mol. The van der Waals surface area contributed by atoms with Crippen molar-refractivity contribution in [2.75, 3.05) is 26.2 Å². The minimum Gasteiger partial charge on any atom is -0.488 e. The Balaban J connectivity index is 2.16. The molecule has 2 rings (SSSR count). The van der Waals surface area contributed by atoms with Crippen LogP contribution in [-0.4, -0.2) is 43.0 Å². The third-order valence-corrected chi connectivity index (χ3v) is 3.57. The molecule has 2 amide bonds. The SMILES string of the molecule is CCNC(=O)CN(CC)C(=O)C1=Cc2cc(Cl)ccc2OC1. The fourth-order valence-corrected chi connectivity index (χ4v) is 2.41. The summed E-state index contributed by atoms with van der Waals surface area (Å²) >= 11 is 5.96. The number of nitrogens with one attached hydrogen (secondary N) is 1. The van der Waals surface area contributed by atoms with Crippen LogP contribution in [-0.2, 0) is 9.59 Å². The van der Waals surface area contributed by atoms with Gasteiger partial charge < -0.3 is 15.0 Å². The van der Waals surface area contributed by atoms with Crippen molar-refractivity contribution in [3.05, 3.63) is 34.4 Å². The van der Waals surface area contributed by atoms with Crippen molar-refractivity contribution >= 4 is 29.5 Å². The van der Waals surface area contributed by atoms with Crippen LogP contribution >= 0.6 is 11.6 Å². The highest BCUT2D eigenvalue weighted by molar-refractivity contribution is 6.30. The zero-order chi connectivity index (χ0) is 16.1. The molecular weight excluding hydrogens is 304 g/mol. The molecule has 1 aromatic rings. The number of nitrogens with zero attached hydrogens (tertiary/aromatic N) is 1. The summed E-state index contributed by atoms with van der Waals surface area (Å²) in [4.78, 5) is 25.7. The Labute approximate surface area is 134 Å². The molecule has 0 atom stereocenters. The lowest BCUT2D eigenvalue weighted by molar-refractivity contribution is -0.133. The largest absolute Gasteiger partial charge is 0.488 e. The first-order valence-corrected chi connectivity index (χ1v) is 7.61. The van der Waals surface area contributed by atoms with Gasteiger partial charge in [0.1, 0.15) is 12.4 Å². The van der Waals surface area contributed by atoms with Gasteiger partial charge in [0.2, 0.25) is 5.91 Å². The van der Waals surface area contributed by atoms with Gasteiger partial charge in [0.25, 0.3) is 5.91 Å². The van der Waals surface area contributed by atoms with E-state index in [4.69, 9.17) is 16.3 Å². The maximum Gasteiger partial charge on any atom is 0.253 e. The number of fused-ring (bicyclic) bond motifs is 1. The highest BCUT2D eigenvalue weighted by atomic mass is 35.5. The van der Waals surface area contributed by atoms with Crippen molar-refractivity contribution < 1.29 is 14.3 Å². The van der Waals surface area contributed by atoms with Gasteiger partial charge in [-0.1, -0.05) is 11.6 Å². The predicted molar refractivity (Wildman–Crippen MR) is 85.9 cm³/mol. The molecule has 0 spiro atoms. The second-order valence-corrected chi connectivity index (χ2v) is 5.35. The number of amides is 2. The van der Waals surface area contributed by atoms with Gasteiger partial charge in [-0.3, -0.25) is 9.59 Å². The van der Waals surface area contributed by atoms with Gasteiger partial charge in [-0.15, -0.1) is 0 Å². The maximum absolute atomic E-state index is 12.5. The minimum absolute atomic E-state index is 0.0446. The summed E-state index contributed by atoms with van der Waals surface area (Å²) < 4.78 is 5.58. The molecule has 1 aliphatic heterocycles. The first-order valence-electron chi connectivity index (χ1n) is 7.24. The Morgan fingerprint density at radius 2 is 2.14 bits per heavy atom. The molecule has 118 valence electrons. The molecule has 0 saturated heterocycles. The third kappa shape index (κ3) is 3.80. The van der Waals surface area contributed by atoms with E-state index >= 15 is 0 Å². The average Bonchev–Trinajstić information content (AvgIpc) is 2.51. The number of carbonyl (C=O) groups is 2. The van der Waals surface area contributed by atoms with Gasteiger partial charge >= 0.3 is 0 Å². The first-order chi connectivity index (χ1) is 10.5. The quantitative estimate of drug-likeness (QED) is 0.903.